The van der Waals surface area contributed by atoms with Crippen molar-refractivity contribution in [3.8, 4) is 5.75 Å². The molecule has 1 heterocycles. The number of methoxy groups -OCH3 is 1. The molecule has 1 aliphatic rings. The van der Waals surface area contributed by atoms with Crippen molar-refractivity contribution in [2.75, 3.05) is 33.8 Å². The Bertz CT molecular complexity index is 468. The average molecular weight is 431 g/mol. The second-order valence-electron chi connectivity index (χ2n) is 6.10. The maximum absolute atomic E-state index is 5.18. The number of aliphatic imine (C=N–C) groups is 1. The van der Waals surface area contributed by atoms with Gasteiger partial charge in [-0.3, -0.25) is 4.99 Å². The second-order valence-corrected chi connectivity index (χ2v) is 6.10. The molecular weight excluding hydrogens is 401 g/mol. The van der Waals surface area contributed by atoms with Crippen LogP contribution in [0.2, 0.25) is 0 Å². The summed E-state index contributed by atoms with van der Waals surface area (Å²) in [6.45, 7) is 5.55. The predicted molar refractivity (Wildman–Crippen MR) is 108 cm³/mol. The highest BCUT2D eigenvalue weighted by Gasteiger charge is 2.18. The molecule has 5 heteroatoms. The van der Waals surface area contributed by atoms with Crippen LogP contribution in [-0.2, 0) is 6.42 Å². The van der Waals surface area contributed by atoms with E-state index in [4.69, 9.17) is 4.74 Å². The highest BCUT2D eigenvalue weighted by molar-refractivity contribution is 14.0. The van der Waals surface area contributed by atoms with E-state index in [2.05, 4.69) is 34.3 Å². The Labute approximate surface area is 157 Å². The first kappa shape index (κ1) is 20.1. The lowest BCUT2D eigenvalue weighted by Crippen LogP contribution is -2.45. The van der Waals surface area contributed by atoms with Crippen LogP contribution in [-0.4, -0.2) is 44.7 Å². The molecule has 0 saturated carbocycles. The third-order valence-corrected chi connectivity index (χ3v) is 4.38. The summed E-state index contributed by atoms with van der Waals surface area (Å²) in [5, 5.41) is 3.50. The van der Waals surface area contributed by atoms with Crippen LogP contribution < -0.4 is 10.1 Å². The van der Waals surface area contributed by atoms with Crippen molar-refractivity contribution in [2.24, 2.45) is 10.9 Å². The predicted octanol–water partition coefficient (Wildman–Crippen LogP) is 3.55. The molecule has 0 atom stereocenters. The van der Waals surface area contributed by atoms with Gasteiger partial charge in [-0.15, -0.1) is 24.0 Å². The molecule has 1 saturated heterocycles. The molecule has 1 aliphatic heterocycles. The van der Waals surface area contributed by atoms with Crippen molar-refractivity contribution in [2.45, 2.75) is 32.6 Å². The maximum Gasteiger partial charge on any atom is 0.193 e. The van der Waals surface area contributed by atoms with E-state index >= 15 is 0 Å². The number of halogens is 1. The molecule has 0 aromatic heterocycles. The van der Waals surface area contributed by atoms with Gasteiger partial charge in [0.1, 0.15) is 5.75 Å². The normalized spacial score (nSPS) is 16.0. The van der Waals surface area contributed by atoms with E-state index in [1.54, 1.807) is 7.11 Å². The van der Waals surface area contributed by atoms with E-state index in [0.717, 1.165) is 50.1 Å². The third kappa shape index (κ3) is 6.57. The first-order chi connectivity index (χ1) is 10.7. The van der Waals surface area contributed by atoms with Gasteiger partial charge in [-0.25, -0.2) is 0 Å². The Kier molecular flexibility index (Phi) is 9.36. The van der Waals surface area contributed by atoms with Gasteiger partial charge in [0.25, 0.3) is 0 Å². The topological polar surface area (TPSA) is 36.9 Å². The molecule has 0 aliphatic carbocycles. The van der Waals surface area contributed by atoms with Crippen LogP contribution in [0.3, 0.4) is 0 Å². The quantitative estimate of drug-likeness (QED) is 0.335. The number of likely N-dealkylation sites (tertiary alicyclic amines) is 1. The molecule has 0 unspecified atom stereocenters. The fraction of sp³-hybridized carbons (Fsp3) is 0.611. The van der Waals surface area contributed by atoms with Crippen molar-refractivity contribution in [1.29, 1.82) is 0 Å². The summed E-state index contributed by atoms with van der Waals surface area (Å²) in [4.78, 5) is 6.80. The Morgan fingerprint density at radius 3 is 2.48 bits per heavy atom. The fourth-order valence-corrected chi connectivity index (χ4v) is 2.84. The monoisotopic (exact) mass is 431 g/mol. The van der Waals surface area contributed by atoms with Crippen LogP contribution in [0, 0.1) is 5.92 Å². The standard InChI is InChI=1S/C18H29N3O.HI/c1-15-10-13-21(14-11-15)18(19-2)20-12-4-5-16-6-8-17(22-3)9-7-16;/h6-9,15H,4-5,10-14H2,1-3H3,(H,19,20);1H. The number of hydrogen-bond donors (Lipinski definition) is 1. The Morgan fingerprint density at radius 2 is 1.91 bits per heavy atom. The number of piperidine rings is 1. The lowest BCUT2D eigenvalue weighted by molar-refractivity contribution is 0.273. The van der Waals surface area contributed by atoms with Gasteiger partial charge in [0, 0.05) is 26.7 Å². The van der Waals surface area contributed by atoms with E-state index in [0.29, 0.717) is 0 Å². The summed E-state index contributed by atoms with van der Waals surface area (Å²) in [6.07, 6.45) is 4.72. The number of ether oxygens (including phenoxy) is 1. The van der Waals surface area contributed by atoms with Crippen LogP contribution in [0.4, 0.5) is 0 Å². The largest absolute Gasteiger partial charge is 0.497 e. The molecule has 2 rings (SSSR count). The van der Waals surface area contributed by atoms with Crippen LogP contribution >= 0.6 is 24.0 Å². The Morgan fingerprint density at radius 1 is 1.26 bits per heavy atom. The van der Waals surface area contributed by atoms with Gasteiger partial charge in [0.15, 0.2) is 5.96 Å². The number of nitrogens with zero attached hydrogens (tertiary/aromatic N) is 2. The number of aryl methyl sites for hydroxylation is 1. The van der Waals surface area contributed by atoms with Gasteiger partial charge in [-0.1, -0.05) is 19.1 Å². The molecule has 23 heavy (non-hydrogen) atoms. The van der Waals surface area contributed by atoms with Crippen molar-refractivity contribution in [3.63, 3.8) is 0 Å². The van der Waals surface area contributed by atoms with Gasteiger partial charge in [0.2, 0.25) is 0 Å². The zero-order chi connectivity index (χ0) is 15.8. The molecule has 0 bridgehead atoms. The summed E-state index contributed by atoms with van der Waals surface area (Å²) in [5.41, 5.74) is 1.35. The highest BCUT2D eigenvalue weighted by Crippen LogP contribution is 2.16. The van der Waals surface area contributed by atoms with E-state index in [-0.39, 0.29) is 24.0 Å². The van der Waals surface area contributed by atoms with Crippen molar-refractivity contribution in [3.05, 3.63) is 29.8 Å². The summed E-state index contributed by atoms with van der Waals surface area (Å²) in [6, 6.07) is 8.33. The van der Waals surface area contributed by atoms with Crippen LogP contribution in [0.5, 0.6) is 5.75 Å². The summed E-state index contributed by atoms with van der Waals surface area (Å²) >= 11 is 0. The van der Waals surface area contributed by atoms with Crippen LogP contribution in [0.25, 0.3) is 0 Å². The molecule has 0 spiro atoms. The third-order valence-electron chi connectivity index (χ3n) is 4.38. The van der Waals surface area contributed by atoms with E-state index < -0.39 is 0 Å². The molecule has 0 radical (unpaired) electrons. The summed E-state index contributed by atoms with van der Waals surface area (Å²) in [5.74, 6) is 2.83. The fourth-order valence-electron chi connectivity index (χ4n) is 2.84. The Balaban J connectivity index is 0.00000264. The lowest BCUT2D eigenvalue weighted by Gasteiger charge is -2.32. The van der Waals surface area contributed by atoms with Gasteiger partial charge in [-0.05, 0) is 49.3 Å². The molecule has 1 fully saturated rings. The molecule has 1 N–H and O–H groups in total. The molecule has 0 amide bonds. The summed E-state index contributed by atoms with van der Waals surface area (Å²) < 4.78 is 5.18. The molecule has 1 aromatic carbocycles. The first-order valence-electron chi connectivity index (χ1n) is 8.31. The zero-order valence-corrected chi connectivity index (χ0v) is 16.9. The SMILES string of the molecule is CN=C(NCCCc1ccc(OC)cc1)N1CCC(C)CC1.I. The summed E-state index contributed by atoms with van der Waals surface area (Å²) in [7, 11) is 3.58. The first-order valence-corrected chi connectivity index (χ1v) is 8.31. The Hall–Kier alpha value is -0.980. The number of benzene rings is 1. The number of hydrogen-bond acceptors (Lipinski definition) is 2. The number of nitrogens with one attached hydrogen (secondary N) is 1. The average Bonchev–Trinajstić information content (AvgIpc) is 2.56. The number of guanidine groups is 1. The van der Waals surface area contributed by atoms with Crippen LogP contribution in [0.15, 0.2) is 29.3 Å². The zero-order valence-electron chi connectivity index (χ0n) is 14.5. The van der Waals surface area contributed by atoms with Crippen molar-refractivity contribution < 1.29 is 4.74 Å². The lowest BCUT2D eigenvalue weighted by atomic mass is 10.00. The van der Waals surface area contributed by atoms with Crippen molar-refractivity contribution in [1.82, 2.24) is 10.2 Å². The second kappa shape index (κ2) is 10.7. The van der Waals surface area contributed by atoms with Gasteiger partial charge in [-0.2, -0.15) is 0 Å². The van der Waals surface area contributed by atoms with Crippen LogP contribution in [0.1, 0.15) is 31.7 Å². The molecule has 1 aromatic rings. The molecular formula is C18H30IN3O. The maximum atomic E-state index is 5.18. The number of rotatable bonds is 5. The van der Waals surface area contributed by atoms with E-state index in [1.807, 2.05) is 19.2 Å². The van der Waals surface area contributed by atoms with E-state index in [9.17, 15) is 0 Å². The molecule has 4 nitrogen and oxygen atoms in total. The van der Waals surface area contributed by atoms with Gasteiger partial charge in [0.05, 0.1) is 7.11 Å². The van der Waals surface area contributed by atoms with E-state index in [1.165, 1.54) is 18.4 Å². The highest BCUT2D eigenvalue weighted by atomic mass is 127. The van der Waals surface area contributed by atoms with Gasteiger partial charge < -0.3 is 15.0 Å². The minimum atomic E-state index is 0. The minimum Gasteiger partial charge on any atom is -0.497 e. The van der Waals surface area contributed by atoms with Gasteiger partial charge >= 0.3 is 0 Å². The van der Waals surface area contributed by atoms with Crippen molar-refractivity contribution >= 4 is 29.9 Å². The smallest absolute Gasteiger partial charge is 0.193 e. The molecule has 130 valence electrons. The minimum absolute atomic E-state index is 0.